The number of rotatable bonds is 16. The van der Waals surface area contributed by atoms with Gasteiger partial charge in [0.25, 0.3) is 0 Å². The van der Waals surface area contributed by atoms with Crippen molar-refractivity contribution in [2.45, 2.75) is 89.9 Å². The minimum Gasteiger partial charge on any atom is -0.385 e. The average molecular weight is 267 g/mol. The van der Waals surface area contributed by atoms with Gasteiger partial charge >= 0.3 is 0 Å². The van der Waals surface area contributed by atoms with Gasteiger partial charge in [-0.05, 0) is 19.3 Å². The van der Waals surface area contributed by atoms with Crippen LogP contribution in [0.3, 0.4) is 0 Å². The van der Waals surface area contributed by atoms with Crippen molar-refractivity contribution in [1.29, 1.82) is 0 Å². The molecule has 0 aromatic heterocycles. The first-order valence-corrected chi connectivity index (χ1v) is 8.44. The zero-order valence-electron chi connectivity index (χ0n) is 13.2. The van der Waals surface area contributed by atoms with Crippen LogP contribution in [0.4, 0.5) is 0 Å². The first kappa shape index (κ1) is 18.7. The summed E-state index contributed by atoms with van der Waals surface area (Å²) in [6, 6.07) is 0. The number of ether oxygens (including phenoxy) is 1. The summed E-state index contributed by atoms with van der Waals surface area (Å²) >= 11 is 0. The topological polar surface area (TPSA) is 9.23 Å². The first-order valence-electron chi connectivity index (χ1n) is 8.44. The van der Waals surface area contributed by atoms with E-state index in [9.17, 15) is 0 Å². The Bertz CT molecular complexity index is 165. The molecule has 1 nitrogen and oxygen atoms in total. The molecule has 1 radical (unpaired) electrons. The Kier molecular flexibility index (Phi) is 17.4. The van der Waals surface area contributed by atoms with Crippen LogP contribution in [0.25, 0.3) is 0 Å². The first-order chi connectivity index (χ1) is 9.41. The second kappa shape index (κ2) is 17.7. The third-order valence-electron chi connectivity index (χ3n) is 3.72. The lowest BCUT2D eigenvalue weighted by atomic mass is 10.0. The van der Waals surface area contributed by atoms with E-state index in [1.165, 1.54) is 83.5 Å². The normalized spacial score (nSPS) is 10.8. The van der Waals surface area contributed by atoms with Crippen LogP contribution in [0, 0.1) is 6.58 Å². The highest BCUT2D eigenvalue weighted by Gasteiger charge is 1.93. The number of hydrogen-bond donors (Lipinski definition) is 0. The second-order valence-electron chi connectivity index (χ2n) is 5.61. The van der Waals surface area contributed by atoms with E-state index in [-0.39, 0.29) is 0 Å². The van der Waals surface area contributed by atoms with Gasteiger partial charge in [-0.25, -0.2) is 0 Å². The van der Waals surface area contributed by atoms with Crippen molar-refractivity contribution < 1.29 is 4.74 Å². The molecule has 0 amide bonds. The molecule has 0 aromatic carbocycles. The fourth-order valence-corrected chi connectivity index (χ4v) is 2.45. The van der Waals surface area contributed by atoms with E-state index in [0.717, 1.165) is 13.0 Å². The fourth-order valence-electron chi connectivity index (χ4n) is 2.45. The monoisotopic (exact) mass is 267 g/mol. The van der Waals surface area contributed by atoms with Crippen molar-refractivity contribution in [3.63, 3.8) is 0 Å². The molecule has 113 valence electrons. The maximum Gasteiger partial charge on any atom is 0.0462 e. The quantitative estimate of drug-likeness (QED) is 0.308. The third-order valence-corrected chi connectivity index (χ3v) is 3.72. The maximum absolute atomic E-state index is 5.35. The summed E-state index contributed by atoms with van der Waals surface area (Å²) in [6.07, 6.45) is 20.9. The molecule has 0 bridgehead atoms. The van der Waals surface area contributed by atoms with Gasteiger partial charge in [0.2, 0.25) is 0 Å². The summed E-state index contributed by atoms with van der Waals surface area (Å²) in [5.74, 6) is 0. The lowest BCUT2D eigenvalue weighted by Crippen LogP contribution is -1.88. The highest BCUT2D eigenvalue weighted by atomic mass is 16.5. The fraction of sp³-hybridized carbons (Fsp3) is 0.889. The number of hydrogen-bond acceptors (Lipinski definition) is 1. The highest BCUT2D eigenvalue weighted by Crippen LogP contribution is 2.12. The predicted molar refractivity (Wildman–Crippen MR) is 85.4 cm³/mol. The molecule has 0 aliphatic rings. The van der Waals surface area contributed by atoms with E-state index in [1.54, 1.807) is 13.2 Å². The molecule has 0 aromatic rings. The van der Waals surface area contributed by atoms with Gasteiger partial charge in [0.15, 0.2) is 0 Å². The molecule has 1 heteroatoms. The Morgan fingerprint density at radius 1 is 0.632 bits per heavy atom. The van der Waals surface area contributed by atoms with Crippen molar-refractivity contribution >= 4 is 0 Å². The molecule has 0 heterocycles. The zero-order valence-corrected chi connectivity index (χ0v) is 13.2. The van der Waals surface area contributed by atoms with E-state index < -0.39 is 0 Å². The number of methoxy groups -OCH3 is 1. The van der Waals surface area contributed by atoms with Crippen LogP contribution >= 0.6 is 0 Å². The van der Waals surface area contributed by atoms with Crippen LogP contribution in [-0.4, -0.2) is 13.7 Å². The smallest absolute Gasteiger partial charge is 0.0462 e. The Morgan fingerprint density at radius 3 is 1.37 bits per heavy atom. The minimum atomic E-state index is 0.934. The van der Waals surface area contributed by atoms with Crippen molar-refractivity contribution in [3.05, 3.63) is 12.7 Å². The van der Waals surface area contributed by atoms with Gasteiger partial charge in [-0.2, -0.15) is 0 Å². The molecule has 0 aliphatic heterocycles. The van der Waals surface area contributed by atoms with E-state index >= 15 is 0 Å². The van der Waals surface area contributed by atoms with Crippen molar-refractivity contribution in [1.82, 2.24) is 0 Å². The van der Waals surface area contributed by atoms with Crippen LogP contribution in [0.1, 0.15) is 89.9 Å². The summed E-state index contributed by atoms with van der Waals surface area (Å²) in [5, 5.41) is 0. The van der Waals surface area contributed by atoms with E-state index in [0.29, 0.717) is 0 Å². The summed E-state index contributed by atoms with van der Waals surface area (Å²) in [7, 11) is 1.79. The van der Waals surface area contributed by atoms with E-state index in [4.69, 9.17) is 11.3 Å². The number of unbranched alkanes of at least 4 members (excludes halogenated alkanes) is 13. The summed E-state index contributed by atoms with van der Waals surface area (Å²) in [6.45, 7) is 6.29. The Labute approximate surface area is 121 Å². The largest absolute Gasteiger partial charge is 0.385 e. The van der Waals surface area contributed by atoms with Gasteiger partial charge in [-0.3, -0.25) is 0 Å². The van der Waals surface area contributed by atoms with Gasteiger partial charge in [-0.1, -0.05) is 83.3 Å². The van der Waals surface area contributed by atoms with Crippen LogP contribution in [-0.2, 0) is 4.74 Å². The standard InChI is InChI=1S/C18H35O/c1-3-4-5-6-7-8-9-10-11-12-13-14-15-16-17-18-19-2/h1,3H,4-18H2,2H3. The zero-order chi connectivity index (χ0) is 14.0. The van der Waals surface area contributed by atoms with Crippen LogP contribution in [0.15, 0.2) is 6.08 Å². The lowest BCUT2D eigenvalue weighted by molar-refractivity contribution is 0.192. The summed E-state index contributed by atoms with van der Waals surface area (Å²) in [5.41, 5.74) is 0. The molecule has 0 N–H and O–H groups in total. The average Bonchev–Trinajstić information content (AvgIpc) is 2.43. The van der Waals surface area contributed by atoms with Gasteiger partial charge in [0, 0.05) is 13.7 Å². The molecule has 0 atom stereocenters. The molecule has 0 spiro atoms. The van der Waals surface area contributed by atoms with Crippen LogP contribution < -0.4 is 0 Å². The van der Waals surface area contributed by atoms with Crippen molar-refractivity contribution in [2.24, 2.45) is 0 Å². The molecule has 0 rings (SSSR count). The summed E-state index contributed by atoms with van der Waals surface area (Å²) in [4.78, 5) is 0. The van der Waals surface area contributed by atoms with Gasteiger partial charge in [-0.15, -0.1) is 0 Å². The maximum atomic E-state index is 5.35. The molecule has 0 aliphatic carbocycles. The Morgan fingerprint density at radius 2 is 1.00 bits per heavy atom. The highest BCUT2D eigenvalue weighted by molar-refractivity contribution is 4.61. The van der Waals surface area contributed by atoms with E-state index in [2.05, 4.69) is 0 Å². The van der Waals surface area contributed by atoms with Gasteiger partial charge in [0.05, 0.1) is 0 Å². The lowest BCUT2D eigenvalue weighted by Gasteiger charge is -2.03. The van der Waals surface area contributed by atoms with Crippen LogP contribution in [0.5, 0.6) is 0 Å². The Balaban J connectivity index is 2.89. The minimum absolute atomic E-state index is 0.934. The second-order valence-corrected chi connectivity index (χ2v) is 5.61. The van der Waals surface area contributed by atoms with E-state index in [1.807, 2.05) is 0 Å². The molecule has 19 heavy (non-hydrogen) atoms. The van der Waals surface area contributed by atoms with Gasteiger partial charge < -0.3 is 4.74 Å². The van der Waals surface area contributed by atoms with Crippen LogP contribution in [0.2, 0.25) is 0 Å². The van der Waals surface area contributed by atoms with Crippen molar-refractivity contribution in [3.8, 4) is 0 Å². The molecule has 0 fully saturated rings. The summed E-state index contributed by atoms with van der Waals surface area (Å²) < 4.78 is 5.05. The molecule has 0 saturated carbocycles. The number of allylic oxidation sites excluding steroid dienone is 1. The Hall–Kier alpha value is -0.300. The SMILES string of the molecule is [CH]=CCCCCCCCCCCCCCCCOC. The third kappa shape index (κ3) is 17.7. The van der Waals surface area contributed by atoms with Gasteiger partial charge in [0.1, 0.15) is 0 Å². The molecular weight excluding hydrogens is 232 g/mol. The molecular formula is C18H35O. The molecule has 0 saturated heterocycles. The predicted octanol–water partition coefficient (Wildman–Crippen LogP) is 6.08. The van der Waals surface area contributed by atoms with Crippen molar-refractivity contribution in [2.75, 3.05) is 13.7 Å². The molecule has 0 unspecified atom stereocenters.